The first-order valence-corrected chi connectivity index (χ1v) is 10.9. The maximum Gasteiger partial charge on any atom is 0.121 e. The summed E-state index contributed by atoms with van der Waals surface area (Å²) in [7, 11) is 0. The maximum absolute atomic E-state index is 10.5. The normalized spacial score (nSPS) is 23.0. The lowest BCUT2D eigenvalue weighted by Crippen LogP contribution is -2.34. The third-order valence-corrected chi connectivity index (χ3v) is 5.74. The van der Waals surface area contributed by atoms with Gasteiger partial charge >= 0.3 is 0 Å². The molecule has 1 heterocycles. The molecule has 2 aliphatic rings. The molecule has 0 saturated heterocycles. The van der Waals surface area contributed by atoms with Crippen LogP contribution in [0.3, 0.4) is 0 Å². The van der Waals surface area contributed by atoms with E-state index in [1.807, 2.05) is 39.8 Å². The molecule has 1 aliphatic carbocycles. The van der Waals surface area contributed by atoms with Crippen molar-refractivity contribution in [1.29, 1.82) is 0 Å². The number of anilines is 1. The fourth-order valence-corrected chi connectivity index (χ4v) is 4.68. The van der Waals surface area contributed by atoms with Crippen molar-refractivity contribution in [3.05, 3.63) is 59.7 Å². The van der Waals surface area contributed by atoms with Gasteiger partial charge in [0.25, 0.3) is 0 Å². The lowest BCUT2D eigenvalue weighted by Gasteiger charge is -2.31. The monoisotopic (exact) mass is 367 g/mol. The first-order valence-electron chi connectivity index (χ1n) is 10.9. The summed E-state index contributed by atoms with van der Waals surface area (Å²) in [6.07, 6.45) is 5.12. The van der Waals surface area contributed by atoms with Crippen molar-refractivity contribution in [2.75, 3.05) is 4.90 Å². The number of benzene rings is 2. The topological polar surface area (TPSA) is 23.5 Å². The zero-order valence-electron chi connectivity index (χ0n) is 17.8. The molecule has 27 heavy (non-hydrogen) atoms. The van der Waals surface area contributed by atoms with E-state index < -0.39 is 0 Å². The Balaban J connectivity index is 0.000000614. The van der Waals surface area contributed by atoms with Gasteiger partial charge in [0.15, 0.2) is 0 Å². The smallest absolute Gasteiger partial charge is 0.121 e. The van der Waals surface area contributed by atoms with Crippen molar-refractivity contribution in [3.8, 4) is 5.75 Å². The van der Waals surface area contributed by atoms with Crippen LogP contribution in [0.4, 0.5) is 5.69 Å². The Hall–Kier alpha value is -1.96. The fourth-order valence-electron chi connectivity index (χ4n) is 4.68. The molecule has 1 saturated carbocycles. The second-order valence-corrected chi connectivity index (χ2v) is 7.18. The molecule has 2 aromatic rings. The van der Waals surface area contributed by atoms with Gasteiger partial charge in [-0.2, -0.15) is 0 Å². The quantitative estimate of drug-likeness (QED) is 0.610. The molecule has 1 aliphatic heterocycles. The number of fused-ring (bicyclic) bond motifs is 3. The van der Waals surface area contributed by atoms with Gasteiger partial charge in [-0.25, -0.2) is 0 Å². The van der Waals surface area contributed by atoms with Crippen molar-refractivity contribution in [2.45, 2.75) is 78.8 Å². The molecule has 2 heteroatoms. The SMILES string of the molecule is CC.CC.CC1CCCCC2C1c1c(O)cccc1N2Cc1ccccc1. The molecule has 1 N–H and O–H groups in total. The van der Waals surface area contributed by atoms with Crippen LogP contribution in [0.5, 0.6) is 5.75 Å². The van der Waals surface area contributed by atoms with E-state index in [9.17, 15) is 5.11 Å². The lowest BCUT2D eigenvalue weighted by atomic mass is 9.82. The highest BCUT2D eigenvalue weighted by atomic mass is 16.3. The molecule has 1 fully saturated rings. The molecule has 3 atom stereocenters. The number of phenols is 1. The van der Waals surface area contributed by atoms with E-state index in [0.29, 0.717) is 23.6 Å². The van der Waals surface area contributed by atoms with Crippen LogP contribution in [0.1, 0.15) is 77.3 Å². The average Bonchev–Trinajstić information content (AvgIpc) is 2.91. The van der Waals surface area contributed by atoms with Gasteiger partial charge in [0.2, 0.25) is 0 Å². The highest BCUT2D eigenvalue weighted by Crippen LogP contribution is 2.52. The van der Waals surface area contributed by atoms with Gasteiger partial charge in [-0.1, -0.05) is 90.3 Å². The van der Waals surface area contributed by atoms with E-state index in [-0.39, 0.29) is 0 Å². The average molecular weight is 368 g/mol. The van der Waals surface area contributed by atoms with Crippen LogP contribution in [0.25, 0.3) is 0 Å². The van der Waals surface area contributed by atoms with Gasteiger partial charge in [0, 0.05) is 29.8 Å². The fraction of sp³-hybridized carbons (Fsp3) is 0.520. The molecule has 2 nitrogen and oxygen atoms in total. The van der Waals surface area contributed by atoms with Crippen molar-refractivity contribution in [2.24, 2.45) is 5.92 Å². The van der Waals surface area contributed by atoms with E-state index in [0.717, 1.165) is 6.54 Å². The van der Waals surface area contributed by atoms with Crippen LogP contribution >= 0.6 is 0 Å². The minimum absolute atomic E-state index is 0.470. The van der Waals surface area contributed by atoms with E-state index in [4.69, 9.17) is 0 Å². The number of nitrogens with zero attached hydrogens (tertiary/aromatic N) is 1. The zero-order valence-corrected chi connectivity index (χ0v) is 17.8. The largest absolute Gasteiger partial charge is 0.508 e. The summed E-state index contributed by atoms with van der Waals surface area (Å²) in [5, 5.41) is 10.5. The molecule has 3 unspecified atom stereocenters. The highest BCUT2D eigenvalue weighted by Gasteiger charge is 2.43. The summed E-state index contributed by atoms with van der Waals surface area (Å²) in [5.74, 6) is 1.59. The summed E-state index contributed by atoms with van der Waals surface area (Å²) in [6, 6.07) is 17.3. The van der Waals surface area contributed by atoms with Crippen LogP contribution in [0, 0.1) is 5.92 Å². The zero-order chi connectivity index (χ0) is 19.8. The van der Waals surface area contributed by atoms with Crippen molar-refractivity contribution < 1.29 is 5.11 Å². The maximum atomic E-state index is 10.5. The number of hydrogen-bond donors (Lipinski definition) is 1. The summed E-state index contributed by atoms with van der Waals surface area (Å²) in [5.41, 5.74) is 3.79. The van der Waals surface area contributed by atoms with Gasteiger partial charge in [0.1, 0.15) is 5.75 Å². The number of hydrogen-bond acceptors (Lipinski definition) is 2. The molecule has 0 amide bonds. The highest BCUT2D eigenvalue weighted by molar-refractivity contribution is 5.67. The van der Waals surface area contributed by atoms with Crippen LogP contribution in [-0.2, 0) is 6.54 Å². The summed E-state index contributed by atoms with van der Waals surface area (Å²) >= 11 is 0. The molecule has 0 bridgehead atoms. The molecule has 0 spiro atoms. The Bertz CT molecular complexity index is 682. The first-order chi connectivity index (χ1) is 13.3. The Morgan fingerprint density at radius 1 is 0.889 bits per heavy atom. The van der Waals surface area contributed by atoms with Gasteiger partial charge in [-0.3, -0.25) is 0 Å². The predicted molar refractivity (Wildman–Crippen MR) is 118 cm³/mol. The van der Waals surface area contributed by atoms with Crippen LogP contribution < -0.4 is 4.90 Å². The molecular weight excluding hydrogens is 330 g/mol. The van der Waals surface area contributed by atoms with Crippen molar-refractivity contribution in [3.63, 3.8) is 0 Å². The Labute approximate surface area is 166 Å². The Morgan fingerprint density at radius 2 is 1.56 bits per heavy atom. The van der Waals surface area contributed by atoms with Crippen molar-refractivity contribution >= 4 is 5.69 Å². The lowest BCUT2D eigenvalue weighted by molar-refractivity contribution is 0.385. The van der Waals surface area contributed by atoms with Gasteiger partial charge < -0.3 is 10.0 Å². The molecule has 2 aromatic carbocycles. The molecule has 0 radical (unpaired) electrons. The van der Waals surface area contributed by atoms with Crippen LogP contribution in [0.2, 0.25) is 0 Å². The minimum atomic E-state index is 0.470. The first kappa shape index (κ1) is 21.3. The van der Waals surface area contributed by atoms with Crippen molar-refractivity contribution in [1.82, 2.24) is 0 Å². The number of aromatic hydroxyl groups is 1. The van der Waals surface area contributed by atoms with E-state index >= 15 is 0 Å². The Kier molecular flexibility index (Phi) is 8.22. The van der Waals surface area contributed by atoms with E-state index in [1.54, 1.807) is 0 Å². The second-order valence-electron chi connectivity index (χ2n) is 7.18. The third-order valence-electron chi connectivity index (χ3n) is 5.74. The number of phenolic OH excluding ortho intramolecular Hbond substituents is 1. The molecule has 4 rings (SSSR count). The van der Waals surface area contributed by atoms with Gasteiger partial charge in [-0.05, 0) is 30.0 Å². The Morgan fingerprint density at radius 3 is 2.26 bits per heavy atom. The van der Waals surface area contributed by atoms with E-state index in [2.05, 4.69) is 48.2 Å². The van der Waals surface area contributed by atoms with Crippen LogP contribution in [0.15, 0.2) is 48.5 Å². The molecule has 0 aromatic heterocycles. The van der Waals surface area contributed by atoms with Crippen LogP contribution in [-0.4, -0.2) is 11.1 Å². The predicted octanol–water partition coefficient (Wildman–Crippen LogP) is 7.13. The molecular formula is C25H37NO. The third kappa shape index (κ3) is 4.48. The summed E-state index contributed by atoms with van der Waals surface area (Å²) < 4.78 is 0. The van der Waals surface area contributed by atoms with E-state index in [1.165, 1.54) is 42.5 Å². The summed E-state index contributed by atoms with van der Waals surface area (Å²) in [6.45, 7) is 11.3. The van der Waals surface area contributed by atoms with Gasteiger partial charge in [-0.15, -0.1) is 0 Å². The standard InChI is InChI=1S/C21H25NO.2C2H6/c1-15-8-5-6-11-17-20(15)21-18(12-7-13-19(21)23)22(17)14-16-9-3-2-4-10-16;2*1-2/h2-4,7,9-10,12-13,15,17,20,23H,5-6,8,11,14H2,1H3;2*1-2H3. The second kappa shape index (κ2) is 10.4. The number of rotatable bonds is 2. The van der Waals surface area contributed by atoms with Gasteiger partial charge in [0.05, 0.1) is 0 Å². The minimum Gasteiger partial charge on any atom is -0.508 e. The molecule has 148 valence electrons. The summed E-state index contributed by atoms with van der Waals surface area (Å²) in [4.78, 5) is 2.55.